The van der Waals surface area contributed by atoms with E-state index >= 15 is 0 Å². The zero-order chi connectivity index (χ0) is 11.9. The molecule has 1 aromatic heterocycles. The minimum atomic E-state index is -4.30. The Morgan fingerprint density at radius 2 is 2.06 bits per heavy atom. The molecule has 1 aromatic carbocycles. The van der Waals surface area contributed by atoms with E-state index in [0.29, 0.717) is 11.0 Å². The van der Waals surface area contributed by atoms with Crippen LogP contribution in [0.25, 0.3) is 11.0 Å². The van der Waals surface area contributed by atoms with Crippen LogP contribution in [0.5, 0.6) is 0 Å². The van der Waals surface area contributed by atoms with Crippen molar-refractivity contribution in [2.24, 2.45) is 0 Å². The van der Waals surface area contributed by atoms with Crippen molar-refractivity contribution in [3.63, 3.8) is 0 Å². The molecule has 0 amide bonds. The van der Waals surface area contributed by atoms with Crippen LogP contribution >= 0.6 is 11.6 Å². The molecule has 86 valence electrons. The molecule has 0 atom stereocenters. The average molecular weight is 249 g/mol. The highest BCUT2D eigenvalue weighted by Crippen LogP contribution is 2.26. The van der Waals surface area contributed by atoms with Crippen molar-refractivity contribution in [2.75, 3.05) is 0 Å². The van der Waals surface area contributed by atoms with Gasteiger partial charge in [0.25, 0.3) is 0 Å². The molecule has 0 spiro atoms. The van der Waals surface area contributed by atoms with Crippen molar-refractivity contribution in [1.29, 1.82) is 0 Å². The van der Waals surface area contributed by atoms with Crippen LogP contribution in [0.2, 0.25) is 5.28 Å². The van der Waals surface area contributed by atoms with Gasteiger partial charge in [0.2, 0.25) is 5.28 Å². The lowest BCUT2D eigenvalue weighted by atomic mass is 10.2. The number of rotatable bonds is 1. The van der Waals surface area contributed by atoms with Crippen LogP contribution in [0.1, 0.15) is 5.56 Å². The summed E-state index contributed by atoms with van der Waals surface area (Å²) in [7, 11) is 0. The molecular formula is C10H8ClF3N2. The summed E-state index contributed by atoms with van der Waals surface area (Å²) in [6.45, 7) is 0.724. The summed E-state index contributed by atoms with van der Waals surface area (Å²) >= 11 is 5.68. The van der Waals surface area contributed by atoms with Gasteiger partial charge in [0.1, 0.15) is 6.54 Å². The molecule has 2 rings (SSSR count). The predicted molar refractivity (Wildman–Crippen MR) is 55.5 cm³/mol. The second kappa shape index (κ2) is 3.66. The zero-order valence-corrected chi connectivity index (χ0v) is 9.10. The van der Waals surface area contributed by atoms with Crippen molar-refractivity contribution >= 4 is 22.6 Å². The maximum absolute atomic E-state index is 12.3. The maximum atomic E-state index is 12.3. The van der Waals surface area contributed by atoms with E-state index in [1.54, 1.807) is 18.2 Å². The van der Waals surface area contributed by atoms with Crippen LogP contribution < -0.4 is 0 Å². The third-order valence-electron chi connectivity index (χ3n) is 2.19. The highest BCUT2D eigenvalue weighted by molar-refractivity contribution is 6.29. The molecule has 2 aromatic rings. The summed E-state index contributed by atoms with van der Waals surface area (Å²) in [6.07, 6.45) is -4.30. The Kier molecular flexibility index (Phi) is 2.58. The number of fused-ring (bicyclic) bond motifs is 1. The molecule has 0 aliphatic carbocycles. The minimum Gasteiger partial charge on any atom is -0.305 e. The second-order valence-corrected chi connectivity index (χ2v) is 3.91. The van der Waals surface area contributed by atoms with Gasteiger partial charge < -0.3 is 4.57 Å². The first-order valence-electron chi connectivity index (χ1n) is 4.56. The van der Waals surface area contributed by atoms with E-state index < -0.39 is 12.7 Å². The van der Waals surface area contributed by atoms with E-state index in [0.717, 1.165) is 10.1 Å². The zero-order valence-electron chi connectivity index (χ0n) is 8.35. The quantitative estimate of drug-likeness (QED) is 0.755. The Bertz CT molecular complexity index is 531. The fraction of sp³-hybridized carbons (Fsp3) is 0.300. The Morgan fingerprint density at radius 1 is 1.38 bits per heavy atom. The summed E-state index contributed by atoms with van der Waals surface area (Å²) in [5.74, 6) is 0. The summed E-state index contributed by atoms with van der Waals surface area (Å²) in [6, 6.07) is 5.02. The van der Waals surface area contributed by atoms with Crippen LogP contribution in [0.15, 0.2) is 18.2 Å². The van der Waals surface area contributed by atoms with Gasteiger partial charge in [0, 0.05) is 0 Å². The monoisotopic (exact) mass is 248 g/mol. The second-order valence-electron chi connectivity index (χ2n) is 3.57. The SMILES string of the molecule is Cc1ccc2c(c1)nc(Cl)n2CC(F)(F)F. The number of nitrogens with zero attached hydrogens (tertiary/aromatic N) is 2. The minimum absolute atomic E-state index is 0.141. The average Bonchev–Trinajstić information content (AvgIpc) is 2.40. The van der Waals surface area contributed by atoms with E-state index in [1.807, 2.05) is 6.92 Å². The molecular weight excluding hydrogens is 241 g/mol. The summed E-state index contributed by atoms with van der Waals surface area (Å²) < 4.78 is 37.9. The van der Waals surface area contributed by atoms with Crippen LogP contribution in [-0.2, 0) is 6.54 Å². The summed E-state index contributed by atoms with van der Waals surface area (Å²) in [5, 5.41) is -0.141. The summed E-state index contributed by atoms with van der Waals surface area (Å²) in [5.41, 5.74) is 1.81. The molecule has 2 nitrogen and oxygen atoms in total. The van der Waals surface area contributed by atoms with E-state index in [2.05, 4.69) is 4.98 Å². The lowest BCUT2D eigenvalue weighted by Gasteiger charge is -2.09. The molecule has 0 unspecified atom stereocenters. The molecule has 0 N–H and O–H groups in total. The first-order valence-corrected chi connectivity index (χ1v) is 4.94. The van der Waals surface area contributed by atoms with Crippen LogP contribution in [0.3, 0.4) is 0 Å². The van der Waals surface area contributed by atoms with Crippen molar-refractivity contribution in [3.05, 3.63) is 29.0 Å². The van der Waals surface area contributed by atoms with E-state index in [4.69, 9.17) is 11.6 Å². The lowest BCUT2D eigenvalue weighted by Crippen LogP contribution is -2.17. The topological polar surface area (TPSA) is 17.8 Å². The van der Waals surface area contributed by atoms with Gasteiger partial charge in [-0.1, -0.05) is 6.07 Å². The highest BCUT2D eigenvalue weighted by atomic mass is 35.5. The molecule has 16 heavy (non-hydrogen) atoms. The highest BCUT2D eigenvalue weighted by Gasteiger charge is 2.29. The Hall–Kier alpha value is -1.23. The van der Waals surface area contributed by atoms with Gasteiger partial charge in [0.05, 0.1) is 11.0 Å². The van der Waals surface area contributed by atoms with E-state index in [9.17, 15) is 13.2 Å². The molecule has 0 saturated heterocycles. The number of hydrogen-bond acceptors (Lipinski definition) is 1. The Morgan fingerprint density at radius 3 is 2.69 bits per heavy atom. The largest absolute Gasteiger partial charge is 0.406 e. The van der Waals surface area contributed by atoms with Gasteiger partial charge in [-0.25, -0.2) is 4.98 Å². The predicted octanol–water partition coefficient (Wildman–Crippen LogP) is 3.56. The molecule has 0 bridgehead atoms. The molecule has 0 aliphatic heterocycles. The first-order chi connectivity index (χ1) is 7.37. The van der Waals surface area contributed by atoms with Crippen LogP contribution in [0, 0.1) is 6.92 Å². The van der Waals surface area contributed by atoms with Crippen LogP contribution in [-0.4, -0.2) is 15.7 Å². The first kappa shape index (κ1) is 11.3. The normalized spacial score (nSPS) is 12.3. The van der Waals surface area contributed by atoms with E-state index in [1.165, 1.54) is 0 Å². The third-order valence-corrected chi connectivity index (χ3v) is 2.48. The van der Waals surface area contributed by atoms with Gasteiger partial charge in [-0.15, -0.1) is 0 Å². The van der Waals surface area contributed by atoms with E-state index in [-0.39, 0.29) is 5.28 Å². The Labute approximate surface area is 94.6 Å². The standard InChI is InChI=1S/C10H8ClF3N2/c1-6-2-3-8-7(4-6)15-9(11)16(8)5-10(12,13)14/h2-4H,5H2,1H3. The maximum Gasteiger partial charge on any atom is 0.406 e. The number of aryl methyl sites for hydroxylation is 1. The number of aromatic nitrogens is 2. The number of imidazole rings is 1. The molecule has 1 heterocycles. The van der Waals surface area contributed by atoms with Gasteiger partial charge in [0.15, 0.2) is 0 Å². The number of alkyl halides is 3. The van der Waals surface area contributed by atoms with Crippen molar-refractivity contribution in [1.82, 2.24) is 9.55 Å². The van der Waals surface area contributed by atoms with Crippen molar-refractivity contribution < 1.29 is 13.2 Å². The fourth-order valence-corrected chi connectivity index (χ4v) is 1.78. The van der Waals surface area contributed by atoms with Crippen molar-refractivity contribution in [3.8, 4) is 0 Å². The third kappa shape index (κ3) is 2.14. The summed E-state index contributed by atoms with van der Waals surface area (Å²) in [4.78, 5) is 3.89. The molecule has 0 radical (unpaired) electrons. The van der Waals surface area contributed by atoms with Crippen molar-refractivity contribution in [2.45, 2.75) is 19.6 Å². The van der Waals surface area contributed by atoms with Gasteiger partial charge >= 0.3 is 6.18 Å². The van der Waals surface area contributed by atoms with Gasteiger partial charge in [-0.3, -0.25) is 0 Å². The number of halogens is 4. The number of benzene rings is 1. The molecule has 0 fully saturated rings. The van der Waals surface area contributed by atoms with Crippen LogP contribution in [0.4, 0.5) is 13.2 Å². The fourth-order valence-electron chi connectivity index (χ4n) is 1.54. The number of hydrogen-bond donors (Lipinski definition) is 0. The smallest absolute Gasteiger partial charge is 0.305 e. The molecule has 0 saturated carbocycles. The van der Waals surface area contributed by atoms with Gasteiger partial charge in [-0.05, 0) is 36.2 Å². The van der Waals surface area contributed by atoms with Gasteiger partial charge in [-0.2, -0.15) is 13.2 Å². The Balaban J connectivity index is 2.56. The molecule has 6 heteroatoms. The molecule has 0 aliphatic rings. The lowest BCUT2D eigenvalue weighted by molar-refractivity contribution is -0.139.